The van der Waals surface area contributed by atoms with Crippen LogP contribution in [0.5, 0.6) is 0 Å². The first-order valence-corrected chi connectivity index (χ1v) is 10.7. The lowest BCUT2D eigenvalue weighted by Crippen LogP contribution is -2.18. The second-order valence-electron chi connectivity index (χ2n) is 6.23. The van der Waals surface area contributed by atoms with E-state index in [9.17, 15) is 13.2 Å². The third kappa shape index (κ3) is 5.09. The number of hydrogen-bond donors (Lipinski definition) is 0. The van der Waals surface area contributed by atoms with Crippen molar-refractivity contribution < 1.29 is 31.2 Å². The first-order valence-electron chi connectivity index (χ1n) is 9.12. The van der Waals surface area contributed by atoms with Crippen LogP contribution in [-0.2, 0) is 13.7 Å². The molecular weight excluding hydrogens is 441 g/mol. The van der Waals surface area contributed by atoms with Crippen LogP contribution < -0.4 is 0 Å². The summed E-state index contributed by atoms with van der Waals surface area (Å²) in [5.41, 5.74) is -2.53. The maximum Gasteiger partial charge on any atom is 0.446 e. The number of alkyl halides is 3. The van der Waals surface area contributed by atoms with Crippen molar-refractivity contribution in [3.63, 3.8) is 0 Å². The molecule has 0 spiro atoms. The molecule has 4 rings (SSSR count). The van der Waals surface area contributed by atoms with Gasteiger partial charge < -0.3 is 18.1 Å². The first-order chi connectivity index (χ1) is 14.4. The molecule has 0 unspecified atom stereocenters. The van der Waals surface area contributed by atoms with Crippen molar-refractivity contribution in [3.8, 4) is 11.6 Å². The predicted molar refractivity (Wildman–Crippen MR) is 106 cm³/mol. The molecule has 1 fully saturated rings. The van der Waals surface area contributed by atoms with Crippen molar-refractivity contribution in [2.24, 2.45) is 0 Å². The summed E-state index contributed by atoms with van der Waals surface area (Å²) in [5.74, 6) is 0.193. The van der Waals surface area contributed by atoms with E-state index in [0.717, 1.165) is 24.0 Å². The second kappa shape index (κ2) is 9.15. The van der Waals surface area contributed by atoms with E-state index >= 15 is 0 Å². The zero-order valence-corrected chi connectivity index (χ0v) is 17.4. The lowest BCUT2D eigenvalue weighted by atomic mass is 10.2. The van der Waals surface area contributed by atoms with Gasteiger partial charge in [0.05, 0.1) is 24.7 Å². The number of aromatic nitrogens is 2. The maximum atomic E-state index is 12.6. The highest BCUT2D eigenvalue weighted by Gasteiger charge is 2.29. The average Bonchev–Trinajstić information content (AvgIpc) is 3.14. The fourth-order valence-corrected chi connectivity index (χ4v) is 4.04. The lowest BCUT2D eigenvalue weighted by molar-refractivity contribution is -0.183. The van der Waals surface area contributed by atoms with Gasteiger partial charge in [0.1, 0.15) is 11.2 Å². The number of nitrogens with zero attached hydrogens (tertiary/aromatic N) is 2. The molecule has 1 aromatic carbocycles. The molecule has 11 heteroatoms. The number of ether oxygens (including phenoxy) is 2. The Kier molecular flexibility index (Phi) is 6.54. The van der Waals surface area contributed by atoms with Crippen LogP contribution in [0.1, 0.15) is 25.2 Å². The Morgan fingerprint density at radius 3 is 2.73 bits per heavy atom. The van der Waals surface area contributed by atoms with Crippen molar-refractivity contribution >= 4 is 34.9 Å². The third-order valence-corrected chi connectivity index (χ3v) is 5.60. The number of hydrogen-bond acceptors (Lipinski definition) is 8. The van der Waals surface area contributed by atoms with Crippen LogP contribution in [0.15, 0.2) is 44.7 Å². The molecule has 3 heterocycles. The molecule has 6 nitrogen and oxygen atoms in total. The number of rotatable bonds is 6. The van der Waals surface area contributed by atoms with Gasteiger partial charge in [-0.15, -0.1) is 0 Å². The Labute approximate surface area is 178 Å². The van der Waals surface area contributed by atoms with E-state index in [4.69, 9.17) is 18.1 Å². The molecule has 0 saturated carbocycles. The van der Waals surface area contributed by atoms with Crippen LogP contribution in [0.2, 0.25) is 0 Å². The molecule has 160 valence electrons. The standard InChI is InChI=1S/C19H17F3N2O4S2/c1-2-27-30-15-8-11(18-25-6-3-7-26-18)10-23-16(15)17-24-13-9-12(29-19(20,21)22)4-5-14(13)28-17/h4-5,8-10,18H,2-3,6-7H2,1H3. The quantitative estimate of drug-likeness (QED) is 0.330. The van der Waals surface area contributed by atoms with E-state index < -0.39 is 11.8 Å². The summed E-state index contributed by atoms with van der Waals surface area (Å²) in [4.78, 5) is 9.47. The molecule has 30 heavy (non-hydrogen) atoms. The van der Waals surface area contributed by atoms with E-state index in [1.807, 2.05) is 13.0 Å². The molecule has 0 aliphatic carbocycles. The van der Waals surface area contributed by atoms with Crippen molar-refractivity contribution in [3.05, 3.63) is 36.0 Å². The van der Waals surface area contributed by atoms with E-state index in [1.54, 1.807) is 6.20 Å². The summed E-state index contributed by atoms with van der Waals surface area (Å²) in [6, 6.07) is 5.99. The Bertz CT molecular complexity index is 1020. The highest BCUT2D eigenvalue weighted by Crippen LogP contribution is 2.39. The van der Waals surface area contributed by atoms with Gasteiger partial charge in [0, 0.05) is 28.7 Å². The normalized spacial score (nSPS) is 15.7. The minimum atomic E-state index is -4.37. The van der Waals surface area contributed by atoms with Crippen LogP contribution in [0.4, 0.5) is 13.2 Å². The SMILES string of the molecule is CCOSc1cc(C2OCCCO2)cnc1-c1nc2cc(SC(F)(F)F)ccc2o1. The van der Waals surface area contributed by atoms with E-state index in [2.05, 4.69) is 9.97 Å². The van der Waals surface area contributed by atoms with Gasteiger partial charge in [-0.2, -0.15) is 13.2 Å². The molecule has 0 radical (unpaired) electrons. The summed E-state index contributed by atoms with van der Waals surface area (Å²) in [5, 5.41) is 0. The van der Waals surface area contributed by atoms with Crippen molar-refractivity contribution in [1.29, 1.82) is 0 Å². The Balaban J connectivity index is 1.68. The summed E-state index contributed by atoms with van der Waals surface area (Å²) in [6.07, 6.45) is 1.94. The minimum absolute atomic E-state index is 0.0358. The van der Waals surface area contributed by atoms with Gasteiger partial charge in [-0.3, -0.25) is 0 Å². The highest BCUT2D eigenvalue weighted by molar-refractivity contribution is 8.00. The number of pyridine rings is 1. The van der Waals surface area contributed by atoms with Gasteiger partial charge >= 0.3 is 5.51 Å². The molecule has 0 bridgehead atoms. The number of thioether (sulfide) groups is 1. The highest BCUT2D eigenvalue weighted by atomic mass is 32.2. The Morgan fingerprint density at radius 1 is 1.20 bits per heavy atom. The number of fused-ring (bicyclic) bond motifs is 1. The van der Waals surface area contributed by atoms with E-state index in [-0.39, 0.29) is 22.5 Å². The average molecular weight is 458 g/mol. The molecule has 1 aliphatic rings. The first kappa shape index (κ1) is 21.4. The number of halogens is 3. The minimum Gasteiger partial charge on any atom is -0.435 e. The topological polar surface area (TPSA) is 66.6 Å². The van der Waals surface area contributed by atoms with E-state index in [1.165, 1.54) is 18.2 Å². The molecule has 0 atom stereocenters. The second-order valence-corrected chi connectivity index (χ2v) is 8.21. The van der Waals surface area contributed by atoms with Gasteiger partial charge in [0.25, 0.3) is 0 Å². The van der Waals surface area contributed by atoms with Crippen LogP contribution in [0, 0.1) is 0 Å². The van der Waals surface area contributed by atoms with Crippen LogP contribution in [0.25, 0.3) is 22.7 Å². The van der Waals surface area contributed by atoms with Crippen molar-refractivity contribution in [1.82, 2.24) is 9.97 Å². The van der Waals surface area contributed by atoms with Gasteiger partial charge in [0.2, 0.25) is 5.89 Å². The van der Waals surface area contributed by atoms with Gasteiger partial charge in [-0.1, -0.05) is 0 Å². The predicted octanol–water partition coefficient (Wildman–Crippen LogP) is 5.98. The van der Waals surface area contributed by atoms with Crippen molar-refractivity contribution in [2.75, 3.05) is 19.8 Å². The van der Waals surface area contributed by atoms with Crippen molar-refractivity contribution in [2.45, 2.75) is 34.9 Å². The van der Waals surface area contributed by atoms with E-state index in [0.29, 0.717) is 41.5 Å². The fourth-order valence-electron chi connectivity index (χ4n) is 2.82. The molecule has 3 aromatic rings. The number of benzene rings is 1. The molecular formula is C19H17F3N2O4S2. The van der Waals surface area contributed by atoms with Crippen LogP contribution in [0.3, 0.4) is 0 Å². The fraction of sp³-hybridized carbons (Fsp3) is 0.368. The summed E-state index contributed by atoms with van der Waals surface area (Å²) in [7, 11) is 0. The van der Waals surface area contributed by atoms with Gasteiger partial charge in [0.15, 0.2) is 11.9 Å². The summed E-state index contributed by atoms with van der Waals surface area (Å²) < 4.78 is 60.4. The largest absolute Gasteiger partial charge is 0.446 e. The molecule has 1 saturated heterocycles. The summed E-state index contributed by atoms with van der Waals surface area (Å²) >= 11 is 0.918. The lowest BCUT2D eigenvalue weighted by Gasteiger charge is -2.23. The zero-order chi connectivity index (χ0) is 21.1. The number of oxazole rings is 1. The van der Waals surface area contributed by atoms with Crippen LogP contribution >= 0.6 is 23.8 Å². The Morgan fingerprint density at radius 2 is 2.00 bits per heavy atom. The monoisotopic (exact) mass is 458 g/mol. The Hall–Kier alpha value is -1.79. The van der Waals surface area contributed by atoms with Gasteiger partial charge in [-0.25, -0.2) is 9.97 Å². The summed E-state index contributed by atoms with van der Waals surface area (Å²) in [6.45, 7) is 3.53. The molecule has 0 amide bonds. The zero-order valence-electron chi connectivity index (χ0n) is 15.8. The van der Waals surface area contributed by atoms with Crippen LogP contribution in [-0.4, -0.2) is 35.3 Å². The molecule has 0 N–H and O–H groups in total. The smallest absolute Gasteiger partial charge is 0.435 e. The van der Waals surface area contributed by atoms with Gasteiger partial charge in [-0.05, 0) is 49.4 Å². The maximum absolute atomic E-state index is 12.6. The third-order valence-electron chi connectivity index (χ3n) is 4.03. The molecule has 1 aliphatic heterocycles. The molecule has 2 aromatic heterocycles.